The van der Waals surface area contributed by atoms with E-state index >= 15 is 0 Å². The number of carbonyl (C=O) groups is 1. The van der Waals surface area contributed by atoms with E-state index in [1.807, 2.05) is 0 Å². The molecule has 4 nitrogen and oxygen atoms in total. The topological polar surface area (TPSA) is 64.7 Å². The summed E-state index contributed by atoms with van der Waals surface area (Å²) in [7, 11) is 0. The van der Waals surface area contributed by atoms with Gasteiger partial charge in [0, 0.05) is 17.9 Å². The lowest BCUT2D eigenvalue weighted by atomic mass is 9.44. The number of nitrogens with zero attached hydrogens (tertiary/aromatic N) is 1. The van der Waals surface area contributed by atoms with Crippen LogP contribution in [0.3, 0.4) is 0 Å². The van der Waals surface area contributed by atoms with Gasteiger partial charge < -0.3 is 10.6 Å². The average molecular weight is 399 g/mol. The van der Waals surface area contributed by atoms with Crippen molar-refractivity contribution < 1.29 is 9.63 Å². The normalized spacial score (nSPS) is 50.9. The van der Waals surface area contributed by atoms with E-state index in [-0.39, 0.29) is 17.6 Å². The van der Waals surface area contributed by atoms with Gasteiger partial charge in [0.05, 0.1) is 5.71 Å². The van der Waals surface area contributed by atoms with Crippen molar-refractivity contribution in [2.24, 2.45) is 45.4 Å². The Morgan fingerprint density at radius 3 is 2.66 bits per heavy atom. The van der Waals surface area contributed by atoms with Gasteiger partial charge in [-0.25, -0.2) is 0 Å². The summed E-state index contributed by atoms with van der Waals surface area (Å²) >= 11 is 0. The third-order valence-corrected chi connectivity index (χ3v) is 9.99. The molecular weight excluding hydrogens is 360 g/mol. The van der Waals surface area contributed by atoms with Gasteiger partial charge in [-0.05, 0) is 93.3 Å². The van der Waals surface area contributed by atoms with Crippen LogP contribution in [0.4, 0.5) is 0 Å². The number of allylic oxidation sites excluding steroid dienone is 1. The summed E-state index contributed by atoms with van der Waals surface area (Å²) in [6.45, 7) is 9.35. The first-order chi connectivity index (χ1) is 13.8. The van der Waals surface area contributed by atoms with Gasteiger partial charge in [0.15, 0.2) is 0 Å². The van der Waals surface area contributed by atoms with Crippen molar-refractivity contribution in [1.29, 1.82) is 0 Å². The largest absolute Gasteiger partial charge is 0.391 e. The van der Waals surface area contributed by atoms with Gasteiger partial charge in [0.25, 0.3) is 0 Å². The van der Waals surface area contributed by atoms with Gasteiger partial charge >= 0.3 is 0 Å². The molecule has 5 rings (SSSR count). The summed E-state index contributed by atoms with van der Waals surface area (Å²) in [5, 5.41) is 4.60. The summed E-state index contributed by atoms with van der Waals surface area (Å²) in [5.74, 6) is 3.00. The molecule has 0 aliphatic heterocycles. The zero-order valence-electron chi connectivity index (χ0n) is 18.3. The first kappa shape index (κ1) is 19.8. The number of oxime groups is 1. The molecule has 0 radical (unpaired) electrons. The summed E-state index contributed by atoms with van der Waals surface area (Å²) in [6.07, 6.45) is 11.9. The van der Waals surface area contributed by atoms with E-state index in [1.165, 1.54) is 24.1 Å². The highest BCUT2D eigenvalue weighted by Crippen LogP contribution is 2.66. The van der Waals surface area contributed by atoms with E-state index < -0.39 is 0 Å². The predicted octanol–water partition coefficient (Wildman–Crippen LogP) is 5.02. The Balaban J connectivity index is 1.34. The number of carbonyl (C=O) groups excluding carboxylic acids is 1. The number of Topliss-reactive ketones (excluding diaryl/α,β-unsaturated/α-hetero) is 1. The lowest BCUT2D eigenvalue weighted by Crippen LogP contribution is -2.54. The second kappa shape index (κ2) is 6.93. The Morgan fingerprint density at radius 1 is 1.07 bits per heavy atom. The maximum atomic E-state index is 12.6. The minimum absolute atomic E-state index is 0.0557. The zero-order valence-corrected chi connectivity index (χ0v) is 18.3. The summed E-state index contributed by atoms with van der Waals surface area (Å²) in [5.41, 5.74) is 9.01. The second-order valence-corrected chi connectivity index (χ2v) is 11.3. The summed E-state index contributed by atoms with van der Waals surface area (Å²) < 4.78 is 0. The minimum atomic E-state index is -0.0557. The van der Waals surface area contributed by atoms with E-state index in [0.29, 0.717) is 29.0 Å². The molecule has 8 atom stereocenters. The lowest BCUT2D eigenvalue weighted by Gasteiger charge is -2.60. The highest BCUT2D eigenvalue weighted by Gasteiger charge is 2.60. The monoisotopic (exact) mass is 398 g/mol. The van der Waals surface area contributed by atoms with E-state index in [4.69, 9.17) is 10.6 Å². The summed E-state index contributed by atoms with van der Waals surface area (Å²) in [6, 6.07) is 0.143. The molecule has 4 heteroatoms. The van der Waals surface area contributed by atoms with Crippen molar-refractivity contribution in [3.8, 4) is 0 Å². The first-order valence-corrected chi connectivity index (χ1v) is 12.0. The standard InChI is InChI=1S/C25H38N2O2/c1-15-13-17-18-7-8-23(28)25(18,3)12-10-19(17)24(2)11-9-16(14-20(15)24)27-29-22-6-4-5-21(22)26/h17-22H,1,4-14,26H2,2-3H3/t17-,18-,19-,20+,21?,22?,24+,25-/m0/s1. The minimum Gasteiger partial charge on any atom is -0.391 e. The molecule has 0 aromatic rings. The van der Waals surface area contributed by atoms with Gasteiger partial charge in [-0.2, -0.15) is 0 Å². The Morgan fingerprint density at radius 2 is 1.90 bits per heavy atom. The Hall–Kier alpha value is -1.16. The molecule has 0 saturated heterocycles. The van der Waals surface area contributed by atoms with Crippen molar-refractivity contribution in [3.05, 3.63) is 12.2 Å². The highest BCUT2D eigenvalue weighted by molar-refractivity contribution is 5.87. The van der Waals surface area contributed by atoms with E-state index in [1.54, 1.807) is 0 Å². The van der Waals surface area contributed by atoms with Gasteiger partial charge in [-0.1, -0.05) is 31.2 Å². The Bertz CT molecular complexity index is 745. The van der Waals surface area contributed by atoms with Gasteiger partial charge in [-0.15, -0.1) is 0 Å². The number of nitrogens with two attached hydrogens (primary N) is 1. The quantitative estimate of drug-likeness (QED) is 0.525. The Kier molecular flexibility index (Phi) is 4.73. The van der Waals surface area contributed by atoms with E-state index in [2.05, 4.69) is 25.6 Å². The molecule has 160 valence electrons. The zero-order chi connectivity index (χ0) is 20.4. The number of hydrogen-bond donors (Lipinski definition) is 1. The van der Waals surface area contributed by atoms with Crippen LogP contribution in [0.5, 0.6) is 0 Å². The number of fused-ring (bicyclic) bond motifs is 5. The van der Waals surface area contributed by atoms with Crippen LogP contribution in [-0.2, 0) is 9.63 Å². The van der Waals surface area contributed by atoms with Crippen LogP contribution in [0.25, 0.3) is 0 Å². The van der Waals surface area contributed by atoms with Crippen LogP contribution < -0.4 is 5.73 Å². The fraction of sp³-hybridized carbons (Fsp3) is 0.840. The van der Waals surface area contributed by atoms with Crippen LogP contribution >= 0.6 is 0 Å². The molecule has 5 aliphatic carbocycles. The molecule has 2 unspecified atom stereocenters. The number of rotatable bonds is 2. The molecule has 5 aliphatic rings. The van der Waals surface area contributed by atoms with Crippen molar-refractivity contribution in [1.82, 2.24) is 0 Å². The maximum absolute atomic E-state index is 12.6. The third-order valence-electron chi connectivity index (χ3n) is 9.99. The predicted molar refractivity (Wildman–Crippen MR) is 115 cm³/mol. The van der Waals surface area contributed by atoms with Crippen LogP contribution in [0.2, 0.25) is 0 Å². The van der Waals surface area contributed by atoms with Crippen molar-refractivity contribution >= 4 is 11.5 Å². The molecule has 0 aromatic carbocycles. The van der Waals surface area contributed by atoms with Crippen LogP contribution in [-0.4, -0.2) is 23.6 Å². The average Bonchev–Trinajstić information content (AvgIpc) is 3.23. The first-order valence-electron chi connectivity index (χ1n) is 12.0. The van der Waals surface area contributed by atoms with Crippen LogP contribution in [0.1, 0.15) is 84.5 Å². The van der Waals surface area contributed by atoms with Crippen molar-refractivity contribution in [3.63, 3.8) is 0 Å². The van der Waals surface area contributed by atoms with Gasteiger partial charge in [0.2, 0.25) is 0 Å². The number of ketones is 1. The molecule has 2 N–H and O–H groups in total. The molecule has 0 amide bonds. The van der Waals surface area contributed by atoms with Crippen LogP contribution in [0.15, 0.2) is 17.3 Å². The lowest BCUT2D eigenvalue weighted by molar-refractivity contribution is -0.134. The Labute approximate surface area is 175 Å². The molecule has 0 spiro atoms. The number of hydrogen-bond acceptors (Lipinski definition) is 4. The third kappa shape index (κ3) is 2.96. The van der Waals surface area contributed by atoms with Crippen LogP contribution in [0, 0.1) is 34.5 Å². The van der Waals surface area contributed by atoms with E-state index in [0.717, 1.165) is 63.7 Å². The van der Waals surface area contributed by atoms with E-state index in [9.17, 15) is 4.79 Å². The second-order valence-electron chi connectivity index (χ2n) is 11.3. The molecule has 29 heavy (non-hydrogen) atoms. The smallest absolute Gasteiger partial charge is 0.142 e. The van der Waals surface area contributed by atoms with Crippen molar-refractivity contribution in [2.45, 2.75) is 96.6 Å². The SMILES string of the molecule is C=C1C[C@@H]2[C@H](CC[C@]3(C)C(=O)CC[C@@H]23)[C@@]2(C)CCC(=NOC3CCCC3N)C[C@H]12. The molecular formula is C25H38N2O2. The van der Waals surface area contributed by atoms with Crippen molar-refractivity contribution in [2.75, 3.05) is 0 Å². The molecule has 5 fully saturated rings. The highest BCUT2D eigenvalue weighted by atomic mass is 16.6. The van der Waals surface area contributed by atoms with Gasteiger partial charge in [-0.3, -0.25) is 4.79 Å². The summed E-state index contributed by atoms with van der Waals surface area (Å²) in [4.78, 5) is 18.5. The molecule has 0 bridgehead atoms. The van der Waals surface area contributed by atoms with Gasteiger partial charge in [0.1, 0.15) is 11.9 Å². The maximum Gasteiger partial charge on any atom is 0.142 e. The fourth-order valence-corrected chi connectivity index (χ4v) is 8.13. The molecule has 0 heterocycles. The molecule has 0 aromatic heterocycles. The fourth-order valence-electron chi connectivity index (χ4n) is 8.13. The molecule has 5 saturated carbocycles.